The highest BCUT2D eigenvalue weighted by atomic mass is 16.8. The van der Waals surface area contributed by atoms with Gasteiger partial charge < -0.3 is 9.47 Å². The third-order valence-electron chi connectivity index (χ3n) is 2.76. The Morgan fingerprint density at radius 2 is 2.00 bits per heavy atom. The Morgan fingerprint density at radius 1 is 1.31 bits per heavy atom. The van der Waals surface area contributed by atoms with E-state index in [1.807, 2.05) is 13.8 Å². The standard InChI is InChI=1S/C10H16O3/c1-6-4-7(11)5-8-9(6)13-10(2,3)12-8/h6,8-9H,4-5H2,1-3H3/t6-,8-,9+/m1/s1. The largest absolute Gasteiger partial charge is 0.344 e. The molecule has 0 aromatic rings. The minimum absolute atomic E-state index is 0.00810. The van der Waals surface area contributed by atoms with Crippen molar-refractivity contribution in [2.75, 3.05) is 0 Å². The molecule has 3 atom stereocenters. The highest BCUT2D eigenvalue weighted by Gasteiger charge is 2.47. The van der Waals surface area contributed by atoms with Gasteiger partial charge >= 0.3 is 0 Å². The summed E-state index contributed by atoms with van der Waals surface area (Å²) in [4.78, 5) is 11.3. The van der Waals surface area contributed by atoms with Crippen LogP contribution in [-0.4, -0.2) is 23.8 Å². The Hall–Kier alpha value is -0.410. The molecule has 1 aliphatic heterocycles. The van der Waals surface area contributed by atoms with Crippen molar-refractivity contribution in [3.63, 3.8) is 0 Å². The summed E-state index contributed by atoms with van der Waals surface area (Å²) in [6.45, 7) is 5.87. The van der Waals surface area contributed by atoms with E-state index in [-0.39, 0.29) is 12.2 Å². The fourth-order valence-corrected chi connectivity index (χ4v) is 2.29. The lowest BCUT2D eigenvalue weighted by molar-refractivity contribution is -0.148. The summed E-state index contributed by atoms with van der Waals surface area (Å²) in [6, 6.07) is 0. The molecular weight excluding hydrogens is 168 g/mol. The molecule has 1 aliphatic carbocycles. The molecule has 0 aromatic carbocycles. The summed E-state index contributed by atoms with van der Waals surface area (Å²) in [5.41, 5.74) is 0. The molecule has 74 valence electrons. The molecule has 0 amide bonds. The van der Waals surface area contributed by atoms with Gasteiger partial charge in [-0.3, -0.25) is 4.79 Å². The van der Waals surface area contributed by atoms with Crippen LogP contribution >= 0.6 is 0 Å². The summed E-state index contributed by atoms with van der Waals surface area (Å²) in [5, 5.41) is 0. The van der Waals surface area contributed by atoms with Crippen LogP contribution in [0.4, 0.5) is 0 Å². The van der Waals surface area contributed by atoms with Crippen molar-refractivity contribution in [3.8, 4) is 0 Å². The van der Waals surface area contributed by atoms with Gasteiger partial charge in [0, 0.05) is 12.8 Å². The van der Waals surface area contributed by atoms with Gasteiger partial charge in [-0.1, -0.05) is 6.92 Å². The van der Waals surface area contributed by atoms with Crippen LogP contribution in [0.2, 0.25) is 0 Å². The second-order valence-electron chi connectivity index (χ2n) is 4.56. The zero-order chi connectivity index (χ0) is 9.64. The molecule has 3 nitrogen and oxygen atoms in total. The molecule has 2 rings (SSSR count). The monoisotopic (exact) mass is 184 g/mol. The van der Waals surface area contributed by atoms with E-state index in [0.717, 1.165) is 0 Å². The van der Waals surface area contributed by atoms with Crippen LogP contribution < -0.4 is 0 Å². The van der Waals surface area contributed by atoms with E-state index in [2.05, 4.69) is 6.92 Å². The lowest BCUT2D eigenvalue weighted by Gasteiger charge is -2.27. The molecule has 1 saturated carbocycles. The molecule has 13 heavy (non-hydrogen) atoms. The number of fused-ring (bicyclic) bond motifs is 1. The van der Waals surface area contributed by atoms with E-state index in [1.54, 1.807) is 0 Å². The number of hydrogen-bond donors (Lipinski definition) is 0. The predicted molar refractivity (Wildman–Crippen MR) is 47.2 cm³/mol. The molecule has 0 aromatic heterocycles. The average Bonchev–Trinajstić information content (AvgIpc) is 2.23. The molecule has 0 radical (unpaired) electrons. The van der Waals surface area contributed by atoms with Crippen molar-refractivity contribution >= 4 is 5.78 Å². The first-order valence-corrected chi connectivity index (χ1v) is 4.85. The quantitative estimate of drug-likeness (QED) is 0.572. The molecule has 0 bridgehead atoms. The summed E-state index contributed by atoms with van der Waals surface area (Å²) in [5.74, 6) is 0.0943. The molecule has 0 unspecified atom stereocenters. The predicted octanol–water partition coefficient (Wildman–Crippen LogP) is 1.51. The Balaban J connectivity index is 2.14. The van der Waals surface area contributed by atoms with Crippen molar-refractivity contribution in [2.45, 2.75) is 51.6 Å². The smallest absolute Gasteiger partial charge is 0.163 e. The molecule has 2 fully saturated rings. The van der Waals surface area contributed by atoms with Gasteiger partial charge in [-0.15, -0.1) is 0 Å². The summed E-state index contributed by atoms with van der Waals surface area (Å²) in [6.07, 6.45) is 1.28. The third kappa shape index (κ3) is 1.63. The van der Waals surface area contributed by atoms with E-state index < -0.39 is 5.79 Å². The summed E-state index contributed by atoms with van der Waals surface area (Å²) >= 11 is 0. The number of carbonyl (C=O) groups excluding carboxylic acids is 1. The number of hydrogen-bond acceptors (Lipinski definition) is 3. The second kappa shape index (κ2) is 2.79. The molecule has 3 heteroatoms. The number of Topliss-reactive ketones (excluding diaryl/α,β-unsaturated/α-hetero) is 1. The summed E-state index contributed by atoms with van der Waals surface area (Å²) in [7, 11) is 0. The molecule has 0 spiro atoms. The first-order valence-electron chi connectivity index (χ1n) is 4.85. The van der Waals surface area contributed by atoms with E-state index in [4.69, 9.17) is 9.47 Å². The van der Waals surface area contributed by atoms with Gasteiger partial charge in [0.15, 0.2) is 5.79 Å². The van der Waals surface area contributed by atoms with E-state index in [9.17, 15) is 4.79 Å². The normalized spacial score (nSPS) is 43.3. The number of ether oxygens (including phenoxy) is 2. The number of rotatable bonds is 0. The van der Waals surface area contributed by atoms with Crippen LogP contribution in [0.15, 0.2) is 0 Å². The van der Waals surface area contributed by atoms with E-state index in [0.29, 0.717) is 24.5 Å². The summed E-state index contributed by atoms with van der Waals surface area (Å²) < 4.78 is 11.4. The van der Waals surface area contributed by atoms with Crippen LogP contribution in [0.1, 0.15) is 33.6 Å². The van der Waals surface area contributed by atoms with Crippen molar-refractivity contribution in [1.29, 1.82) is 0 Å². The van der Waals surface area contributed by atoms with Gasteiger partial charge in [-0.2, -0.15) is 0 Å². The number of ketones is 1. The lowest BCUT2D eigenvalue weighted by Crippen LogP contribution is -2.37. The van der Waals surface area contributed by atoms with Gasteiger partial charge in [0.2, 0.25) is 0 Å². The topological polar surface area (TPSA) is 35.5 Å². The van der Waals surface area contributed by atoms with Gasteiger partial charge in [-0.25, -0.2) is 0 Å². The molecule has 0 N–H and O–H groups in total. The van der Waals surface area contributed by atoms with E-state index >= 15 is 0 Å². The third-order valence-corrected chi connectivity index (χ3v) is 2.76. The van der Waals surface area contributed by atoms with E-state index in [1.165, 1.54) is 0 Å². The zero-order valence-electron chi connectivity index (χ0n) is 8.37. The SMILES string of the molecule is C[C@@H]1CC(=O)C[C@H]2OC(C)(C)O[C@@H]12. The lowest BCUT2D eigenvalue weighted by atomic mass is 9.85. The minimum Gasteiger partial charge on any atom is -0.344 e. The average molecular weight is 184 g/mol. The highest BCUT2D eigenvalue weighted by Crippen LogP contribution is 2.38. The Labute approximate surface area is 78.4 Å². The van der Waals surface area contributed by atoms with Crippen molar-refractivity contribution < 1.29 is 14.3 Å². The van der Waals surface area contributed by atoms with Crippen LogP contribution in [0.25, 0.3) is 0 Å². The van der Waals surface area contributed by atoms with Gasteiger partial charge in [0.1, 0.15) is 5.78 Å². The van der Waals surface area contributed by atoms with Crippen LogP contribution in [-0.2, 0) is 14.3 Å². The Kier molecular flexibility index (Phi) is 1.96. The first-order chi connectivity index (χ1) is 5.98. The zero-order valence-corrected chi connectivity index (χ0v) is 8.37. The Bertz CT molecular complexity index is 234. The Morgan fingerprint density at radius 3 is 2.69 bits per heavy atom. The van der Waals surface area contributed by atoms with Crippen molar-refractivity contribution in [1.82, 2.24) is 0 Å². The van der Waals surface area contributed by atoms with Crippen LogP contribution in [0.5, 0.6) is 0 Å². The van der Waals surface area contributed by atoms with Crippen LogP contribution in [0.3, 0.4) is 0 Å². The molecule has 1 saturated heterocycles. The maximum absolute atomic E-state index is 11.3. The van der Waals surface area contributed by atoms with Crippen molar-refractivity contribution in [3.05, 3.63) is 0 Å². The maximum Gasteiger partial charge on any atom is 0.163 e. The fraction of sp³-hybridized carbons (Fsp3) is 0.900. The minimum atomic E-state index is -0.506. The van der Waals surface area contributed by atoms with Crippen LogP contribution in [0, 0.1) is 5.92 Å². The van der Waals surface area contributed by atoms with Gasteiger partial charge in [0.05, 0.1) is 12.2 Å². The maximum atomic E-state index is 11.3. The molecule has 1 heterocycles. The molecule has 2 aliphatic rings. The number of carbonyl (C=O) groups is 1. The fourth-order valence-electron chi connectivity index (χ4n) is 2.29. The second-order valence-corrected chi connectivity index (χ2v) is 4.56. The first kappa shape index (κ1) is 9.16. The van der Waals surface area contributed by atoms with Gasteiger partial charge in [0.25, 0.3) is 0 Å². The van der Waals surface area contributed by atoms with Crippen molar-refractivity contribution in [2.24, 2.45) is 5.92 Å². The molecular formula is C10H16O3. The van der Waals surface area contributed by atoms with Gasteiger partial charge in [-0.05, 0) is 19.8 Å². The highest BCUT2D eigenvalue weighted by molar-refractivity contribution is 5.80.